The number of carbonyl (C=O) groups is 1. The van der Waals surface area contributed by atoms with Crippen LogP contribution in [0.15, 0.2) is 57.3 Å². The molecule has 0 aliphatic heterocycles. The summed E-state index contributed by atoms with van der Waals surface area (Å²) in [6.45, 7) is 3.90. The molecule has 0 unspecified atom stereocenters. The quantitative estimate of drug-likeness (QED) is 0.353. The van der Waals surface area contributed by atoms with E-state index in [2.05, 4.69) is 25.7 Å². The Bertz CT molecular complexity index is 1160. The minimum atomic E-state index is -0.199. The van der Waals surface area contributed by atoms with Gasteiger partial charge in [0.15, 0.2) is 4.34 Å². The molecule has 0 spiro atoms. The Morgan fingerprint density at radius 3 is 2.55 bits per heavy atom. The van der Waals surface area contributed by atoms with Crippen LogP contribution in [-0.4, -0.2) is 26.3 Å². The molecule has 2 heterocycles. The lowest BCUT2D eigenvalue weighted by atomic mass is 10.1. The number of benzene rings is 2. The molecule has 29 heavy (non-hydrogen) atoms. The van der Waals surface area contributed by atoms with Crippen LogP contribution in [0.4, 0.5) is 5.13 Å². The van der Waals surface area contributed by atoms with Crippen LogP contribution >= 0.6 is 23.1 Å². The van der Waals surface area contributed by atoms with E-state index >= 15 is 0 Å². The van der Waals surface area contributed by atoms with Gasteiger partial charge >= 0.3 is 0 Å². The molecule has 9 heteroatoms. The lowest BCUT2D eigenvalue weighted by molar-refractivity contribution is 0.102. The molecular weight excluding hydrogens is 406 g/mol. The molecule has 2 aromatic heterocycles. The van der Waals surface area contributed by atoms with Crippen LogP contribution in [0.2, 0.25) is 0 Å². The number of carbonyl (C=O) groups excluding carboxylic acids is 1. The standard InChI is InChI=1S/C20H17N5O2S2/c1-12-7-3-5-9-14(12)17(26)21-19-24-25-20(29-19)28-11-16-22-23-18(27-16)15-10-6-4-8-13(15)2/h3-10H,11H2,1-2H3,(H,21,24,26). The van der Waals surface area contributed by atoms with E-state index in [1.165, 1.54) is 23.1 Å². The summed E-state index contributed by atoms with van der Waals surface area (Å²) in [7, 11) is 0. The van der Waals surface area contributed by atoms with Crippen molar-refractivity contribution in [2.75, 3.05) is 5.32 Å². The van der Waals surface area contributed by atoms with Crippen LogP contribution < -0.4 is 5.32 Å². The second kappa shape index (κ2) is 8.54. The summed E-state index contributed by atoms with van der Waals surface area (Å²) >= 11 is 2.74. The number of nitrogens with zero attached hydrogens (tertiary/aromatic N) is 4. The van der Waals surface area contributed by atoms with Crippen molar-refractivity contribution < 1.29 is 9.21 Å². The highest BCUT2D eigenvalue weighted by Gasteiger charge is 2.14. The Kier molecular flexibility index (Phi) is 5.68. The van der Waals surface area contributed by atoms with Gasteiger partial charge in [0.2, 0.25) is 16.9 Å². The molecule has 0 radical (unpaired) electrons. The molecule has 4 aromatic rings. The molecule has 4 rings (SSSR count). The summed E-state index contributed by atoms with van der Waals surface area (Å²) < 4.78 is 6.47. The first-order valence-electron chi connectivity index (χ1n) is 8.82. The molecule has 0 bridgehead atoms. The minimum absolute atomic E-state index is 0.199. The number of hydrogen-bond acceptors (Lipinski definition) is 8. The smallest absolute Gasteiger partial charge is 0.257 e. The third-order valence-corrected chi connectivity index (χ3v) is 6.13. The highest BCUT2D eigenvalue weighted by molar-refractivity contribution is 8.00. The van der Waals surface area contributed by atoms with Gasteiger partial charge in [0.25, 0.3) is 5.91 Å². The maximum absolute atomic E-state index is 12.4. The molecular formula is C20H17N5O2S2. The SMILES string of the molecule is Cc1ccccc1C(=O)Nc1nnc(SCc2nnc(-c3ccccc3C)o2)s1. The van der Waals surface area contributed by atoms with E-state index in [4.69, 9.17) is 4.42 Å². The largest absolute Gasteiger partial charge is 0.420 e. The van der Waals surface area contributed by atoms with Gasteiger partial charge in [-0.25, -0.2) is 0 Å². The van der Waals surface area contributed by atoms with Gasteiger partial charge in [-0.1, -0.05) is 59.5 Å². The van der Waals surface area contributed by atoms with Crippen LogP contribution in [0.3, 0.4) is 0 Å². The van der Waals surface area contributed by atoms with Crippen molar-refractivity contribution in [1.29, 1.82) is 0 Å². The van der Waals surface area contributed by atoms with E-state index < -0.39 is 0 Å². The fourth-order valence-electron chi connectivity index (χ4n) is 2.67. The summed E-state index contributed by atoms with van der Waals surface area (Å²) in [5, 5.41) is 19.6. The first-order valence-corrected chi connectivity index (χ1v) is 10.6. The number of aryl methyl sites for hydroxylation is 2. The highest BCUT2D eigenvalue weighted by Crippen LogP contribution is 2.29. The van der Waals surface area contributed by atoms with Crippen LogP contribution in [0, 0.1) is 13.8 Å². The van der Waals surface area contributed by atoms with E-state index in [0.29, 0.717) is 32.6 Å². The number of thioether (sulfide) groups is 1. The Morgan fingerprint density at radius 1 is 1.00 bits per heavy atom. The summed E-state index contributed by atoms with van der Waals surface area (Å²) in [6.07, 6.45) is 0. The molecule has 0 atom stereocenters. The zero-order valence-electron chi connectivity index (χ0n) is 15.7. The highest BCUT2D eigenvalue weighted by atomic mass is 32.2. The van der Waals surface area contributed by atoms with Crippen LogP contribution in [-0.2, 0) is 5.75 Å². The molecule has 0 fully saturated rings. The molecule has 0 saturated carbocycles. The number of aromatic nitrogens is 4. The van der Waals surface area contributed by atoms with Crippen molar-refractivity contribution in [2.24, 2.45) is 0 Å². The third-order valence-electron chi connectivity index (χ3n) is 4.18. The molecule has 7 nitrogen and oxygen atoms in total. The first-order chi connectivity index (χ1) is 14.1. The number of hydrogen-bond donors (Lipinski definition) is 1. The van der Waals surface area contributed by atoms with Gasteiger partial charge < -0.3 is 4.42 Å². The van der Waals surface area contributed by atoms with Crippen molar-refractivity contribution in [3.8, 4) is 11.5 Å². The average Bonchev–Trinajstić information content (AvgIpc) is 3.36. The van der Waals surface area contributed by atoms with Gasteiger partial charge in [0.05, 0.1) is 5.75 Å². The molecule has 146 valence electrons. The second-order valence-corrected chi connectivity index (χ2v) is 8.45. The lowest BCUT2D eigenvalue weighted by Crippen LogP contribution is -2.12. The van der Waals surface area contributed by atoms with Gasteiger partial charge in [-0.15, -0.1) is 20.4 Å². The Labute approximate surface area is 175 Å². The average molecular weight is 424 g/mol. The fraction of sp³-hybridized carbons (Fsp3) is 0.150. The first kappa shape index (κ1) is 19.3. The Balaban J connectivity index is 1.37. The molecule has 1 N–H and O–H groups in total. The zero-order chi connectivity index (χ0) is 20.2. The summed E-state index contributed by atoms with van der Waals surface area (Å²) in [5.41, 5.74) is 3.53. The Morgan fingerprint density at radius 2 is 1.76 bits per heavy atom. The molecule has 0 aliphatic carbocycles. The topological polar surface area (TPSA) is 93.8 Å². The van der Waals surface area contributed by atoms with Gasteiger partial charge in [0.1, 0.15) is 0 Å². The monoisotopic (exact) mass is 423 g/mol. The molecule has 1 amide bonds. The van der Waals surface area contributed by atoms with Gasteiger partial charge in [0, 0.05) is 11.1 Å². The van der Waals surface area contributed by atoms with Crippen molar-refractivity contribution >= 4 is 34.1 Å². The zero-order valence-corrected chi connectivity index (χ0v) is 17.4. The summed E-state index contributed by atoms with van der Waals surface area (Å²) in [4.78, 5) is 12.4. The van der Waals surface area contributed by atoms with Crippen molar-refractivity contribution in [3.05, 3.63) is 71.1 Å². The van der Waals surface area contributed by atoms with Crippen LogP contribution in [0.1, 0.15) is 27.4 Å². The number of amides is 1. The number of anilines is 1. The number of nitrogens with one attached hydrogen (secondary N) is 1. The van der Waals surface area contributed by atoms with Crippen molar-refractivity contribution in [2.45, 2.75) is 23.9 Å². The van der Waals surface area contributed by atoms with Crippen LogP contribution in [0.25, 0.3) is 11.5 Å². The van der Waals surface area contributed by atoms with E-state index in [1.807, 2.05) is 56.3 Å². The van der Waals surface area contributed by atoms with Gasteiger partial charge in [-0.05, 0) is 37.1 Å². The Hall–Kier alpha value is -3.04. The fourth-order valence-corrected chi connectivity index (χ4v) is 4.25. The minimum Gasteiger partial charge on any atom is -0.420 e. The van der Waals surface area contributed by atoms with E-state index in [-0.39, 0.29) is 5.91 Å². The predicted molar refractivity (Wildman–Crippen MR) is 113 cm³/mol. The van der Waals surface area contributed by atoms with Crippen LogP contribution in [0.5, 0.6) is 0 Å². The maximum Gasteiger partial charge on any atom is 0.257 e. The maximum atomic E-state index is 12.4. The van der Waals surface area contributed by atoms with E-state index in [9.17, 15) is 4.79 Å². The second-order valence-electron chi connectivity index (χ2n) is 6.25. The molecule has 0 aliphatic rings. The molecule has 0 saturated heterocycles. The molecule has 2 aromatic carbocycles. The predicted octanol–water partition coefficient (Wildman–Crippen LogP) is 4.75. The van der Waals surface area contributed by atoms with Crippen molar-refractivity contribution in [3.63, 3.8) is 0 Å². The van der Waals surface area contributed by atoms with Gasteiger partial charge in [-0.2, -0.15) is 0 Å². The van der Waals surface area contributed by atoms with E-state index in [1.54, 1.807) is 6.07 Å². The summed E-state index contributed by atoms with van der Waals surface area (Å²) in [5.74, 6) is 1.28. The normalized spacial score (nSPS) is 10.8. The third kappa shape index (κ3) is 4.52. The summed E-state index contributed by atoms with van der Waals surface area (Å²) in [6, 6.07) is 15.3. The number of rotatable bonds is 6. The van der Waals surface area contributed by atoms with Gasteiger partial charge in [-0.3, -0.25) is 10.1 Å². The lowest BCUT2D eigenvalue weighted by Gasteiger charge is -2.03. The van der Waals surface area contributed by atoms with E-state index in [0.717, 1.165) is 16.7 Å². The van der Waals surface area contributed by atoms with Crippen molar-refractivity contribution in [1.82, 2.24) is 20.4 Å².